The largest absolute Gasteiger partial charge is 0.324 e. The van der Waals surface area contributed by atoms with Crippen molar-refractivity contribution in [1.29, 1.82) is 0 Å². The first-order valence-electron chi connectivity index (χ1n) is 5.31. The number of hydrogen-bond donors (Lipinski definition) is 1. The second kappa shape index (κ2) is 4.94. The highest BCUT2D eigenvalue weighted by Crippen LogP contribution is 2.23. The zero-order valence-electron chi connectivity index (χ0n) is 9.41. The lowest BCUT2D eigenvalue weighted by molar-refractivity contribution is 0.494. The molecule has 2 N–H and O–H groups in total. The lowest BCUT2D eigenvalue weighted by Crippen LogP contribution is -2.13. The molecule has 1 nitrogen and oxygen atoms in total. The van der Waals surface area contributed by atoms with Crippen LogP contribution in [-0.4, -0.2) is 0 Å². The summed E-state index contributed by atoms with van der Waals surface area (Å²) in [7, 11) is 0. The summed E-state index contributed by atoms with van der Waals surface area (Å²) in [4.78, 5) is 1.16. The van der Waals surface area contributed by atoms with Crippen LogP contribution in [-0.2, 0) is 6.42 Å². The number of aryl methyl sites for hydroxylation is 1. The molecule has 4 heteroatoms. The standard InChI is InChI=1S/C13H13F2NS/c1-8-5-10(7-17-8)12(16)6-9-3-2-4-11(14)13(9)15/h2-5,7,12H,6,16H2,1H3. The van der Waals surface area contributed by atoms with E-state index in [2.05, 4.69) is 0 Å². The Balaban J connectivity index is 2.18. The van der Waals surface area contributed by atoms with Crippen LogP contribution in [0.4, 0.5) is 8.78 Å². The van der Waals surface area contributed by atoms with E-state index < -0.39 is 11.6 Å². The summed E-state index contributed by atoms with van der Waals surface area (Å²) in [5, 5.41) is 1.96. The Hall–Kier alpha value is -1.26. The van der Waals surface area contributed by atoms with E-state index in [-0.39, 0.29) is 6.04 Å². The summed E-state index contributed by atoms with van der Waals surface area (Å²) in [5.41, 5.74) is 7.27. The summed E-state index contributed by atoms with van der Waals surface area (Å²) < 4.78 is 26.5. The topological polar surface area (TPSA) is 26.0 Å². The van der Waals surface area contributed by atoms with E-state index in [4.69, 9.17) is 5.73 Å². The van der Waals surface area contributed by atoms with Crippen LogP contribution in [0.1, 0.15) is 22.0 Å². The van der Waals surface area contributed by atoms with Crippen LogP contribution >= 0.6 is 11.3 Å². The zero-order valence-corrected chi connectivity index (χ0v) is 10.2. The summed E-state index contributed by atoms with van der Waals surface area (Å²) in [6.07, 6.45) is 0.305. The molecule has 1 unspecified atom stereocenters. The first kappa shape index (κ1) is 12.2. The number of halogens is 2. The van der Waals surface area contributed by atoms with Gasteiger partial charge in [-0.15, -0.1) is 11.3 Å². The molecule has 0 amide bonds. The van der Waals surface area contributed by atoms with Gasteiger partial charge in [0.25, 0.3) is 0 Å². The summed E-state index contributed by atoms with van der Waals surface area (Å²) in [6.45, 7) is 1.99. The van der Waals surface area contributed by atoms with Crippen molar-refractivity contribution < 1.29 is 8.78 Å². The van der Waals surface area contributed by atoms with Gasteiger partial charge in [-0.1, -0.05) is 12.1 Å². The van der Waals surface area contributed by atoms with Crippen LogP contribution in [0.15, 0.2) is 29.6 Å². The van der Waals surface area contributed by atoms with Crippen LogP contribution < -0.4 is 5.73 Å². The zero-order chi connectivity index (χ0) is 12.4. The third-order valence-electron chi connectivity index (χ3n) is 2.65. The Kier molecular flexibility index (Phi) is 3.54. The van der Waals surface area contributed by atoms with Crippen molar-refractivity contribution in [1.82, 2.24) is 0 Å². The second-order valence-corrected chi connectivity index (χ2v) is 5.13. The normalized spacial score (nSPS) is 12.7. The number of benzene rings is 1. The fourth-order valence-electron chi connectivity index (χ4n) is 1.72. The number of nitrogens with two attached hydrogens (primary N) is 1. The Morgan fingerprint density at radius 2 is 2.12 bits per heavy atom. The molecule has 0 bridgehead atoms. The summed E-state index contributed by atoms with van der Waals surface area (Å²) >= 11 is 1.60. The van der Waals surface area contributed by atoms with Crippen molar-refractivity contribution in [3.63, 3.8) is 0 Å². The molecule has 1 atom stereocenters. The van der Waals surface area contributed by atoms with Crippen LogP contribution in [0.5, 0.6) is 0 Å². The highest BCUT2D eigenvalue weighted by molar-refractivity contribution is 7.10. The Morgan fingerprint density at radius 1 is 1.35 bits per heavy atom. The second-order valence-electron chi connectivity index (χ2n) is 4.01. The molecule has 1 heterocycles. The SMILES string of the molecule is Cc1cc(C(N)Cc2cccc(F)c2F)cs1. The molecule has 0 spiro atoms. The maximum atomic E-state index is 13.5. The molecule has 90 valence electrons. The molecule has 2 aromatic rings. The van der Waals surface area contributed by atoms with Gasteiger partial charge in [-0.05, 0) is 42.0 Å². The summed E-state index contributed by atoms with van der Waals surface area (Å²) in [6, 6.07) is 5.86. The van der Waals surface area contributed by atoms with Crippen LogP contribution in [0, 0.1) is 18.6 Å². The molecule has 0 radical (unpaired) electrons. The average Bonchev–Trinajstić information content (AvgIpc) is 2.72. The van der Waals surface area contributed by atoms with Gasteiger partial charge in [0, 0.05) is 10.9 Å². The Bertz CT molecular complexity index is 522. The van der Waals surface area contributed by atoms with E-state index in [9.17, 15) is 8.78 Å². The average molecular weight is 253 g/mol. The fraction of sp³-hybridized carbons (Fsp3) is 0.231. The van der Waals surface area contributed by atoms with Gasteiger partial charge in [-0.2, -0.15) is 0 Å². The van der Waals surface area contributed by atoms with Gasteiger partial charge in [-0.3, -0.25) is 0 Å². The first-order chi connectivity index (χ1) is 8.08. The minimum Gasteiger partial charge on any atom is -0.324 e. The molecule has 1 aromatic carbocycles. The predicted octanol–water partition coefficient (Wildman–Crippen LogP) is 3.58. The van der Waals surface area contributed by atoms with Gasteiger partial charge in [0.1, 0.15) is 0 Å². The fourth-order valence-corrected chi connectivity index (χ4v) is 2.49. The van der Waals surface area contributed by atoms with E-state index in [1.807, 2.05) is 18.4 Å². The maximum absolute atomic E-state index is 13.5. The molecule has 0 aliphatic rings. The number of thiophene rings is 1. The molecule has 0 saturated heterocycles. The van der Waals surface area contributed by atoms with Gasteiger partial charge in [0.15, 0.2) is 11.6 Å². The molecule has 17 heavy (non-hydrogen) atoms. The Morgan fingerprint density at radius 3 is 2.76 bits per heavy atom. The maximum Gasteiger partial charge on any atom is 0.162 e. The smallest absolute Gasteiger partial charge is 0.162 e. The van der Waals surface area contributed by atoms with Crippen molar-refractivity contribution in [2.24, 2.45) is 5.73 Å². The predicted molar refractivity (Wildman–Crippen MR) is 66.0 cm³/mol. The molecular formula is C13H13F2NS. The monoisotopic (exact) mass is 253 g/mol. The molecule has 1 aromatic heterocycles. The van der Waals surface area contributed by atoms with Crippen LogP contribution in [0.3, 0.4) is 0 Å². The third-order valence-corrected chi connectivity index (χ3v) is 3.53. The third kappa shape index (κ3) is 2.70. The van der Waals surface area contributed by atoms with Crippen molar-refractivity contribution >= 4 is 11.3 Å². The molecule has 0 fully saturated rings. The Labute approximate surface area is 103 Å². The van der Waals surface area contributed by atoms with Crippen molar-refractivity contribution in [3.8, 4) is 0 Å². The summed E-state index contributed by atoms with van der Waals surface area (Å²) in [5.74, 6) is -1.62. The van der Waals surface area contributed by atoms with E-state index in [0.717, 1.165) is 16.5 Å². The first-order valence-corrected chi connectivity index (χ1v) is 6.19. The molecule has 0 aliphatic heterocycles. The molecule has 0 saturated carbocycles. The minimum atomic E-state index is -0.823. The number of hydrogen-bond acceptors (Lipinski definition) is 2. The lowest BCUT2D eigenvalue weighted by Gasteiger charge is -2.10. The quantitative estimate of drug-likeness (QED) is 0.889. The number of rotatable bonds is 3. The minimum absolute atomic E-state index is 0.295. The van der Waals surface area contributed by atoms with Gasteiger partial charge in [0.05, 0.1) is 0 Å². The van der Waals surface area contributed by atoms with Gasteiger partial charge < -0.3 is 5.73 Å². The van der Waals surface area contributed by atoms with Crippen molar-refractivity contribution in [2.75, 3.05) is 0 Å². The lowest BCUT2D eigenvalue weighted by atomic mass is 10.0. The van der Waals surface area contributed by atoms with Gasteiger partial charge in [0.2, 0.25) is 0 Å². The highest BCUT2D eigenvalue weighted by Gasteiger charge is 2.13. The molecule has 0 aliphatic carbocycles. The van der Waals surface area contributed by atoms with E-state index in [1.165, 1.54) is 6.07 Å². The molecular weight excluding hydrogens is 240 g/mol. The van der Waals surface area contributed by atoms with Crippen LogP contribution in [0.2, 0.25) is 0 Å². The van der Waals surface area contributed by atoms with Gasteiger partial charge >= 0.3 is 0 Å². The van der Waals surface area contributed by atoms with Gasteiger partial charge in [-0.25, -0.2) is 8.78 Å². The van der Waals surface area contributed by atoms with E-state index in [1.54, 1.807) is 17.4 Å². The molecule has 2 rings (SSSR count). The van der Waals surface area contributed by atoms with Crippen LogP contribution in [0.25, 0.3) is 0 Å². The van der Waals surface area contributed by atoms with Crippen molar-refractivity contribution in [3.05, 3.63) is 57.3 Å². The van der Waals surface area contributed by atoms with Crippen molar-refractivity contribution in [2.45, 2.75) is 19.4 Å². The highest BCUT2D eigenvalue weighted by atomic mass is 32.1. The van der Waals surface area contributed by atoms with E-state index >= 15 is 0 Å². The van der Waals surface area contributed by atoms with E-state index in [0.29, 0.717) is 12.0 Å².